The number of hydrogen-bond acceptors (Lipinski definition) is 6. The molecule has 2 saturated carbocycles. The lowest BCUT2D eigenvalue weighted by Gasteiger charge is -2.27. The van der Waals surface area contributed by atoms with Crippen molar-refractivity contribution in [3.8, 4) is 11.5 Å². The molecule has 2 aromatic rings. The number of benzene rings is 1. The summed E-state index contributed by atoms with van der Waals surface area (Å²) in [4.78, 5) is 46.5. The second-order valence-electron chi connectivity index (χ2n) is 12.2. The summed E-state index contributed by atoms with van der Waals surface area (Å²) in [6.07, 6.45) is 4.94. The first-order chi connectivity index (χ1) is 20.6. The Morgan fingerprint density at radius 2 is 1.84 bits per heavy atom. The molecule has 1 aliphatic heterocycles. The van der Waals surface area contributed by atoms with Crippen LogP contribution in [0.2, 0.25) is 0 Å². The monoisotopic (exact) mass is 598 g/mol. The number of pyridine rings is 1. The van der Waals surface area contributed by atoms with Gasteiger partial charge in [0.2, 0.25) is 11.8 Å². The molecule has 9 nitrogen and oxygen atoms in total. The highest BCUT2D eigenvalue weighted by Gasteiger charge is 2.40. The highest BCUT2D eigenvalue weighted by atomic mass is 19.3. The van der Waals surface area contributed by atoms with Crippen LogP contribution in [0.1, 0.15) is 73.6 Å². The average Bonchev–Trinajstić information content (AvgIpc) is 3.93. The third-order valence-electron chi connectivity index (χ3n) is 8.61. The molecule has 43 heavy (non-hydrogen) atoms. The van der Waals surface area contributed by atoms with Crippen molar-refractivity contribution in [1.29, 1.82) is 0 Å². The summed E-state index contributed by atoms with van der Waals surface area (Å²) in [5.41, 5.74) is 1.75. The van der Waals surface area contributed by atoms with E-state index in [4.69, 9.17) is 4.74 Å². The third-order valence-corrected chi connectivity index (χ3v) is 8.61. The molecule has 2 heterocycles. The number of carbonyl (C=O) groups excluding carboxylic acids is 3. The second kappa shape index (κ2) is 13.3. The number of rotatable bonds is 13. The molecule has 2 aliphatic carbocycles. The molecule has 1 saturated heterocycles. The van der Waals surface area contributed by atoms with Gasteiger partial charge >= 0.3 is 6.61 Å². The fraction of sp³-hybridized carbons (Fsp3) is 0.562. The quantitative estimate of drug-likeness (QED) is 0.362. The lowest BCUT2D eigenvalue weighted by atomic mass is 9.91. The molecule has 0 radical (unpaired) electrons. The number of ether oxygens (including phenoxy) is 2. The molecule has 5 rings (SSSR count). The number of carbonyl (C=O) groups is 3. The molecule has 1 aromatic heterocycles. The van der Waals surface area contributed by atoms with E-state index in [2.05, 4.69) is 15.0 Å². The molecule has 3 fully saturated rings. The predicted octanol–water partition coefficient (Wildman–Crippen LogP) is 4.61. The Labute approximate surface area is 250 Å². The van der Waals surface area contributed by atoms with Gasteiger partial charge in [-0.3, -0.25) is 14.4 Å². The molecule has 1 unspecified atom stereocenters. The molecule has 232 valence electrons. The van der Waals surface area contributed by atoms with Crippen LogP contribution in [0.15, 0.2) is 36.4 Å². The minimum Gasteiger partial charge on any atom is -0.489 e. The SMILES string of the molecule is CC(=O)N1CC(c2ccc(OC(F)F)c(OCC3CC3)c2)C[C@@H]1[C@@H](C)C(=O)NCc1cccc(C(=O)N(C)CC2CC2)n1. The third kappa shape index (κ3) is 8.00. The van der Waals surface area contributed by atoms with Gasteiger partial charge < -0.3 is 24.6 Å². The number of hydrogen-bond donors (Lipinski definition) is 1. The topological polar surface area (TPSA) is 101 Å². The Bertz CT molecular complexity index is 1330. The Balaban J connectivity index is 1.22. The lowest BCUT2D eigenvalue weighted by molar-refractivity contribution is -0.133. The average molecular weight is 599 g/mol. The number of aromatic nitrogens is 1. The van der Waals surface area contributed by atoms with Gasteiger partial charge in [-0.2, -0.15) is 8.78 Å². The molecule has 3 aliphatic rings. The van der Waals surface area contributed by atoms with E-state index in [0.29, 0.717) is 42.8 Å². The predicted molar refractivity (Wildman–Crippen MR) is 155 cm³/mol. The highest BCUT2D eigenvalue weighted by Crippen LogP contribution is 2.40. The van der Waals surface area contributed by atoms with E-state index in [1.165, 1.54) is 13.0 Å². The maximum Gasteiger partial charge on any atom is 0.387 e. The van der Waals surface area contributed by atoms with Gasteiger partial charge in [0.1, 0.15) is 5.69 Å². The summed E-state index contributed by atoms with van der Waals surface area (Å²) in [7, 11) is 1.78. The molecule has 0 spiro atoms. The van der Waals surface area contributed by atoms with Crippen LogP contribution < -0.4 is 14.8 Å². The summed E-state index contributed by atoms with van der Waals surface area (Å²) in [5.74, 6) is 0.119. The van der Waals surface area contributed by atoms with E-state index < -0.39 is 12.5 Å². The Hall–Kier alpha value is -3.76. The van der Waals surface area contributed by atoms with Crippen molar-refractivity contribution in [3.05, 3.63) is 53.3 Å². The lowest BCUT2D eigenvalue weighted by Crippen LogP contribution is -2.44. The fourth-order valence-corrected chi connectivity index (χ4v) is 5.70. The van der Waals surface area contributed by atoms with Crippen molar-refractivity contribution >= 4 is 17.7 Å². The van der Waals surface area contributed by atoms with Crippen LogP contribution in [0.3, 0.4) is 0 Å². The molecule has 3 amide bonds. The molecule has 11 heteroatoms. The number of nitrogens with zero attached hydrogens (tertiary/aromatic N) is 3. The van der Waals surface area contributed by atoms with Crippen molar-refractivity contribution in [2.24, 2.45) is 17.8 Å². The first-order valence-electron chi connectivity index (χ1n) is 15.1. The zero-order valence-corrected chi connectivity index (χ0v) is 24.9. The number of alkyl halides is 2. The largest absolute Gasteiger partial charge is 0.489 e. The first kappa shape index (κ1) is 30.7. The van der Waals surface area contributed by atoms with Gasteiger partial charge in [0.15, 0.2) is 11.5 Å². The van der Waals surface area contributed by atoms with Gasteiger partial charge in [0, 0.05) is 39.0 Å². The van der Waals surface area contributed by atoms with Crippen molar-refractivity contribution in [3.63, 3.8) is 0 Å². The minimum atomic E-state index is -2.97. The van der Waals surface area contributed by atoms with Crippen molar-refractivity contribution in [1.82, 2.24) is 20.1 Å². The Morgan fingerprint density at radius 3 is 2.51 bits per heavy atom. The van der Waals surface area contributed by atoms with Gasteiger partial charge in [-0.05, 0) is 73.8 Å². The van der Waals surface area contributed by atoms with Gasteiger partial charge in [-0.25, -0.2) is 4.98 Å². The van der Waals surface area contributed by atoms with Crippen LogP contribution in [0.4, 0.5) is 8.78 Å². The fourth-order valence-electron chi connectivity index (χ4n) is 5.70. The molecule has 1 N–H and O–H groups in total. The van der Waals surface area contributed by atoms with Crippen LogP contribution in [0.5, 0.6) is 11.5 Å². The maximum atomic E-state index is 13.3. The van der Waals surface area contributed by atoms with Crippen LogP contribution in [-0.4, -0.2) is 71.9 Å². The maximum absolute atomic E-state index is 13.3. The Morgan fingerprint density at radius 1 is 1.09 bits per heavy atom. The van der Waals surface area contributed by atoms with Crippen molar-refractivity contribution in [2.45, 2.75) is 71.1 Å². The zero-order chi connectivity index (χ0) is 30.7. The normalized spacial score (nSPS) is 20.6. The van der Waals surface area contributed by atoms with Crippen LogP contribution in [-0.2, 0) is 16.1 Å². The van der Waals surface area contributed by atoms with E-state index in [0.717, 1.165) is 37.8 Å². The van der Waals surface area contributed by atoms with E-state index in [-0.39, 0.29) is 47.7 Å². The van der Waals surface area contributed by atoms with E-state index >= 15 is 0 Å². The number of nitrogens with one attached hydrogen (secondary N) is 1. The summed E-state index contributed by atoms with van der Waals surface area (Å²) in [6, 6.07) is 9.78. The second-order valence-corrected chi connectivity index (χ2v) is 12.2. The van der Waals surface area contributed by atoms with Crippen LogP contribution in [0.25, 0.3) is 0 Å². The summed E-state index contributed by atoms with van der Waals surface area (Å²) < 4.78 is 36.5. The highest BCUT2D eigenvalue weighted by molar-refractivity contribution is 5.92. The van der Waals surface area contributed by atoms with E-state index in [1.807, 2.05) is 0 Å². The summed E-state index contributed by atoms with van der Waals surface area (Å²) in [6.45, 7) is 2.02. The van der Waals surface area contributed by atoms with Crippen molar-refractivity contribution < 1.29 is 32.6 Å². The molecule has 1 aromatic carbocycles. The van der Waals surface area contributed by atoms with E-state index in [1.54, 1.807) is 54.1 Å². The van der Waals surface area contributed by atoms with Crippen LogP contribution in [0, 0.1) is 17.8 Å². The molecule has 3 atom stereocenters. The minimum absolute atomic E-state index is 0.0148. The molecule has 0 bridgehead atoms. The van der Waals surface area contributed by atoms with E-state index in [9.17, 15) is 23.2 Å². The molecular formula is C32H40F2N4O5. The van der Waals surface area contributed by atoms with Crippen LogP contribution >= 0.6 is 0 Å². The summed E-state index contributed by atoms with van der Waals surface area (Å²) in [5, 5.41) is 2.92. The summed E-state index contributed by atoms with van der Waals surface area (Å²) >= 11 is 0. The number of amides is 3. The van der Waals surface area contributed by atoms with Gasteiger partial charge in [0.05, 0.1) is 24.8 Å². The van der Waals surface area contributed by atoms with Gasteiger partial charge in [-0.15, -0.1) is 0 Å². The Kier molecular flexibility index (Phi) is 9.46. The standard InChI is InChI=1S/C32H40F2N4O5/c1-19(30(40)35-15-25-5-4-6-26(36-25)31(41)37(3)16-21-7-8-21)27-13-24(17-38(27)20(2)39)23-11-12-28(43-32(33)34)29(14-23)42-18-22-9-10-22/h4-6,11-12,14,19,21-22,24,27,32H,7-10,13,15-18H2,1-3H3,(H,35,40)/t19-,24?,27-/m1/s1. The van der Waals surface area contributed by atoms with Gasteiger partial charge in [0.25, 0.3) is 5.91 Å². The number of likely N-dealkylation sites (tertiary alicyclic amines) is 1. The van der Waals surface area contributed by atoms with Crippen molar-refractivity contribution in [2.75, 3.05) is 26.7 Å². The zero-order valence-electron chi connectivity index (χ0n) is 24.9. The first-order valence-corrected chi connectivity index (χ1v) is 15.1. The number of halogens is 2. The smallest absolute Gasteiger partial charge is 0.387 e. The molecular weight excluding hydrogens is 558 g/mol. The van der Waals surface area contributed by atoms with Gasteiger partial charge in [-0.1, -0.05) is 19.1 Å².